The lowest BCUT2D eigenvalue weighted by Gasteiger charge is -2.17. The van der Waals surface area contributed by atoms with Crippen molar-refractivity contribution >= 4 is 5.82 Å². The van der Waals surface area contributed by atoms with Crippen molar-refractivity contribution in [1.29, 1.82) is 0 Å². The van der Waals surface area contributed by atoms with Crippen LogP contribution < -0.4 is 15.4 Å². The highest BCUT2D eigenvalue weighted by molar-refractivity contribution is 5.49. The molecule has 0 saturated heterocycles. The molecule has 1 atom stereocenters. The number of nitrogens with zero attached hydrogens (tertiary/aromatic N) is 3. The fourth-order valence-electron chi connectivity index (χ4n) is 2.51. The molecule has 25 heavy (non-hydrogen) atoms. The van der Waals surface area contributed by atoms with Gasteiger partial charge in [-0.1, -0.05) is 25.8 Å². The molecule has 0 unspecified atom stereocenters. The molecule has 136 valence electrons. The number of rotatable bonds is 10. The van der Waals surface area contributed by atoms with Crippen molar-refractivity contribution in [3.63, 3.8) is 0 Å². The molecule has 0 saturated carbocycles. The van der Waals surface area contributed by atoms with E-state index in [0.29, 0.717) is 24.9 Å². The lowest BCUT2D eigenvalue weighted by Crippen LogP contribution is -2.18. The quantitative estimate of drug-likeness (QED) is 0.688. The van der Waals surface area contributed by atoms with Gasteiger partial charge in [0, 0.05) is 11.7 Å². The largest absolute Gasteiger partial charge is 0.482 e. The summed E-state index contributed by atoms with van der Waals surface area (Å²) < 4.78 is 5.95. The second-order valence-corrected chi connectivity index (χ2v) is 6.28. The zero-order valence-corrected chi connectivity index (χ0v) is 15.7. The minimum Gasteiger partial charge on any atom is -0.482 e. The van der Waals surface area contributed by atoms with Gasteiger partial charge in [-0.05, 0) is 39.4 Å². The van der Waals surface area contributed by atoms with Gasteiger partial charge in [-0.3, -0.25) is 4.98 Å². The van der Waals surface area contributed by atoms with Crippen LogP contribution in [0.4, 0.5) is 5.82 Å². The van der Waals surface area contributed by atoms with E-state index >= 15 is 0 Å². The lowest BCUT2D eigenvalue weighted by molar-refractivity contribution is 0.299. The summed E-state index contributed by atoms with van der Waals surface area (Å²) in [6, 6.07) is 6.25. The standard InChI is InChI=1S/C19H29N5O/c1-5-6-8-15(3)23-19-17(11-21-18(24-19)12-20-4)25-13-16-10-7-9-14(2)22-16/h7,9-11,15,20H,5-6,8,12-13H2,1-4H3,(H,21,23,24)/t15-/m1/s1. The number of anilines is 1. The summed E-state index contributed by atoms with van der Waals surface area (Å²) in [6.45, 7) is 7.36. The highest BCUT2D eigenvalue weighted by atomic mass is 16.5. The van der Waals surface area contributed by atoms with Crippen LogP contribution in [0.1, 0.15) is 50.3 Å². The summed E-state index contributed by atoms with van der Waals surface area (Å²) in [5.41, 5.74) is 1.87. The molecule has 0 amide bonds. The van der Waals surface area contributed by atoms with Gasteiger partial charge < -0.3 is 15.4 Å². The van der Waals surface area contributed by atoms with Gasteiger partial charge in [0.1, 0.15) is 12.4 Å². The van der Waals surface area contributed by atoms with E-state index in [2.05, 4.69) is 39.4 Å². The van der Waals surface area contributed by atoms with Crippen molar-refractivity contribution in [3.8, 4) is 5.75 Å². The van der Waals surface area contributed by atoms with Crippen LogP contribution in [-0.4, -0.2) is 28.0 Å². The number of pyridine rings is 1. The third kappa shape index (κ3) is 6.31. The number of ether oxygens (including phenoxy) is 1. The zero-order valence-electron chi connectivity index (χ0n) is 15.7. The predicted octanol–water partition coefficient (Wildman–Crippen LogP) is 3.47. The molecule has 2 rings (SSSR count). The molecular formula is C19H29N5O. The second kappa shape index (κ2) is 9.93. The van der Waals surface area contributed by atoms with E-state index in [0.717, 1.165) is 29.5 Å². The van der Waals surface area contributed by atoms with Crippen molar-refractivity contribution in [3.05, 3.63) is 41.6 Å². The molecule has 2 N–H and O–H groups in total. The Balaban J connectivity index is 2.11. The summed E-state index contributed by atoms with van der Waals surface area (Å²) in [5.74, 6) is 2.15. The average Bonchev–Trinajstić information content (AvgIpc) is 2.59. The molecule has 0 aromatic carbocycles. The number of hydrogen-bond donors (Lipinski definition) is 2. The van der Waals surface area contributed by atoms with Crippen LogP contribution in [0.25, 0.3) is 0 Å². The van der Waals surface area contributed by atoms with Crippen LogP contribution in [0.3, 0.4) is 0 Å². The van der Waals surface area contributed by atoms with E-state index in [1.54, 1.807) is 6.20 Å². The highest BCUT2D eigenvalue weighted by Gasteiger charge is 2.12. The van der Waals surface area contributed by atoms with E-state index in [4.69, 9.17) is 4.74 Å². The van der Waals surface area contributed by atoms with Crippen LogP contribution in [0, 0.1) is 6.92 Å². The van der Waals surface area contributed by atoms with Crippen LogP contribution in [0.2, 0.25) is 0 Å². The van der Waals surface area contributed by atoms with Gasteiger partial charge in [-0.25, -0.2) is 9.97 Å². The number of nitrogens with one attached hydrogen (secondary N) is 2. The normalized spacial score (nSPS) is 12.0. The van der Waals surface area contributed by atoms with Gasteiger partial charge in [-0.15, -0.1) is 0 Å². The van der Waals surface area contributed by atoms with E-state index < -0.39 is 0 Å². The molecule has 0 radical (unpaired) electrons. The molecule has 0 spiro atoms. The topological polar surface area (TPSA) is 72.0 Å². The maximum absolute atomic E-state index is 5.95. The van der Waals surface area contributed by atoms with Crippen LogP contribution in [0.15, 0.2) is 24.4 Å². The van der Waals surface area contributed by atoms with Gasteiger partial charge in [0.15, 0.2) is 11.6 Å². The SMILES string of the molecule is CCCC[C@@H](C)Nc1nc(CNC)ncc1OCc1cccc(C)n1. The first kappa shape index (κ1) is 19.1. The average molecular weight is 343 g/mol. The Morgan fingerprint density at radius 3 is 2.80 bits per heavy atom. The molecule has 2 heterocycles. The summed E-state index contributed by atoms with van der Waals surface area (Å²) >= 11 is 0. The zero-order chi connectivity index (χ0) is 18.1. The smallest absolute Gasteiger partial charge is 0.180 e. The summed E-state index contributed by atoms with van der Waals surface area (Å²) in [5, 5.41) is 6.55. The van der Waals surface area contributed by atoms with Crippen LogP contribution in [-0.2, 0) is 13.2 Å². The van der Waals surface area contributed by atoms with Gasteiger partial charge >= 0.3 is 0 Å². The first-order chi connectivity index (χ1) is 12.1. The third-order valence-corrected chi connectivity index (χ3v) is 3.84. The highest BCUT2D eigenvalue weighted by Crippen LogP contribution is 2.23. The molecule has 0 aliphatic rings. The number of aromatic nitrogens is 3. The Kier molecular flexibility index (Phi) is 7.60. The summed E-state index contributed by atoms with van der Waals surface area (Å²) in [7, 11) is 1.88. The van der Waals surface area contributed by atoms with E-state index in [1.807, 2.05) is 32.2 Å². The molecule has 2 aromatic rings. The van der Waals surface area contributed by atoms with E-state index in [1.165, 1.54) is 12.8 Å². The molecule has 0 aliphatic heterocycles. The molecule has 6 nitrogen and oxygen atoms in total. The Hall–Kier alpha value is -2.21. The molecule has 0 fully saturated rings. The van der Waals surface area contributed by atoms with Crippen molar-refractivity contribution in [2.45, 2.75) is 59.2 Å². The van der Waals surface area contributed by atoms with Crippen molar-refractivity contribution in [1.82, 2.24) is 20.3 Å². The molecule has 0 aliphatic carbocycles. The maximum atomic E-state index is 5.95. The summed E-state index contributed by atoms with van der Waals surface area (Å²) in [6.07, 6.45) is 5.21. The monoisotopic (exact) mass is 343 g/mol. The third-order valence-electron chi connectivity index (χ3n) is 3.84. The Bertz CT molecular complexity index is 662. The van der Waals surface area contributed by atoms with Crippen molar-refractivity contribution in [2.75, 3.05) is 12.4 Å². The molecular weight excluding hydrogens is 314 g/mol. The van der Waals surface area contributed by atoms with Gasteiger partial charge in [0.2, 0.25) is 0 Å². The first-order valence-corrected chi connectivity index (χ1v) is 8.94. The van der Waals surface area contributed by atoms with Crippen LogP contribution >= 0.6 is 0 Å². The number of hydrogen-bond acceptors (Lipinski definition) is 6. The number of unbranched alkanes of at least 4 members (excludes halogenated alkanes) is 1. The maximum Gasteiger partial charge on any atom is 0.180 e. The van der Waals surface area contributed by atoms with Crippen molar-refractivity contribution < 1.29 is 4.74 Å². The molecule has 2 aromatic heterocycles. The lowest BCUT2D eigenvalue weighted by atomic mass is 10.1. The first-order valence-electron chi connectivity index (χ1n) is 8.94. The second-order valence-electron chi connectivity index (χ2n) is 6.28. The van der Waals surface area contributed by atoms with Gasteiger partial charge in [-0.2, -0.15) is 0 Å². The molecule has 0 bridgehead atoms. The van der Waals surface area contributed by atoms with Gasteiger partial charge in [0.05, 0.1) is 18.4 Å². The predicted molar refractivity (Wildman–Crippen MR) is 101 cm³/mol. The van der Waals surface area contributed by atoms with E-state index in [-0.39, 0.29) is 0 Å². The molecule has 6 heteroatoms. The minimum atomic E-state index is 0.330. The van der Waals surface area contributed by atoms with Gasteiger partial charge in [0.25, 0.3) is 0 Å². The number of aryl methyl sites for hydroxylation is 1. The Labute approximate surface area is 150 Å². The van der Waals surface area contributed by atoms with Crippen molar-refractivity contribution in [2.24, 2.45) is 0 Å². The Morgan fingerprint density at radius 1 is 1.24 bits per heavy atom. The fraction of sp³-hybridized carbons (Fsp3) is 0.526. The summed E-state index contributed by atoms with van der Waals surface area (Å²) in [4.78, 5) is 13.4. The van der Waals surface area contributed by atoms with Crippen LogP contribution in [0.5, 0.6) is 5.75 Å². The minimum absolute atomic E-state index is 0.330. The fourth-order valence-corrected chi connectivity index (χ4v) is 2.51. The Morgan fingerprint density at radius 2 is 2.08 bits per heavy atom. The van der Waals surface area contributed by atoms with E-state index in [9.17, 15) is 0 Å².